The van der Waals surface area contributed by atoms with Crippen molar-refractivity contribution < 1.29 is 53.4 Å². The number of Topliss-reactive ketones (excluding diaryl/α,β-unsaturated/α-hetero) is 2. The molecule has 18 heteroatoms. The van der Waals surface area contributed by atoms with Gasteiger partial charge in [-0.15, -0.1) is 0 Å². The SMILES string of the molecule is CCCCCCCCCCCCCC(=O)C[C@@H](CC(C)C)C(=O)N[C@H](C(=O)N1CCC[C@@H]1C(=O)N[C@H](C(=O)N[C@@H](C)C(=O)N[C@@H](CC(N)=O)C(=O)NCC(C)=O)C(C)O)C(C)O. The molecule has 0 saturated carbocycles. The van der Waals surface area contributed by atoms with Gasteiger partial charge in [-0.05, 0) is 59.3 Å². The molecule has 7 amide bonds. The van der Waals surface area contributed by atoms with Gasteiger partial charge in [0, 0.05) is 25.3 Å². The van der Waals surface area contributed by atoms with Gasteiger partial charge in [0.1, 0.15) is 41.8 Å². The van der Waals surface area contributed by atoms with E-state index in [2.05, 4.69) is 33.5 Å². The Bertz CT molecular complexity index is 1490. The lowest BCUT2D eigenvalue weighted by Gasteiger charge is -2.32. The number of likely N-dealkylation sites (tertiary alicyclic amines) is 1. The molecule has 9 N–H and O–H groups in total. The summed E-state index contributed by atoms with van der Waals surface area (Å²) in [5, 5.41) is 33.2. The zero-order valence-electron chi connectivity index (χ0n) is 38.2. The molecule has 1 heterocycles. The molecule has 1 saturated heterocycles. The summed E-state index contributed by atoms with van der Waals surface area (Å²) in [5.41, 5.74) is 5.21. The standard InChI is InChI=1S/C44H77N7O11/c1-8-9-10-11-12-13-14-15-16-17-18-20-33(55)24-32(23-27(2)3)40(58)50-38(31(7)54)44(62)51-22-19-21-35(51)42(60)49-37(30(6)53)43(61)47-29(5)39(57)48-34(25-36(45)56)41(59)46-26-28(4)52/h27,29-32,34-35,37-38,53-54H,8-26H2,1-7H3,(H2,45,56)(H,46,59)(H,47,61)(H,48,57)(H,49,60)(H,50,58)/t29-,30?,31?,32+,34-,35+,37-,38-/m0/s1. The summed E-state index contributed by atoms with van der Waals surface area (Å²) in [6.45, 7) is 10.8. The number of hydrogen-bond donors (Lipinski definition) is 8. The highest BCUT2D eigenvalue weighted by Crippen LogP contribution is 2.22. The molecular weight excluding hydrogens is 803 g/mol. The van der Waals surface area contributed by atoms with E-state index in [0.29, 0.717) is 19.3 Å². The molecule has 62 heavy (non-hydrogen) atoms. The number of rotatable bonds is 32. The van der Waals surface area contributed by atoms with E-state index in [-0.39, 0.29) is 43.4 Å². The van der Waals surface area contributed by atoms with Crippen LogP contribution in [0.5, 0.6) is 0 Å². The summed E-state index contributed by atoms with van der Waals surface area (Å²) in [4.78, 5) is 117. The van der Waals surface area contributed by atoms with E-state index in [1.165, 1.54) is 77.5 Å². The van der Waals surface area contributed by atoms with Gasteiger partial charge in [-0.1, -0.05) is 85.0 Å². The monoisotopic (exact) mass is 880 g/mol. The van der Waals surface area contributed by atoms with Crippen LogP contribution in [0.15, 0.2) is 0 Å². The Morgan fingerprint density at radius 3 is 1.76 bits per heavy atom. The first-order valence-corrected chi connectivity index (χ1v) is 22.6. The smallest absolute Gasteiger partial charge is 0.248 e. The van der Waals surface area contributed by atoms with Crippen molar-refractivity contribution >= 4 is 52.9 Å². The number of nitrogens with zero attached hydrogens (tertiary/aromatic N) is 1. The Kier molecular flexibility index (Phi) is 26.7. The molecular formula is C44H77N7O11. The molecule has 1 aliphatic rings. The number of unbranched alkanes of at least 4 members (excludes halogenated alkanes) is 10. The largest absolute Gasteiger partial charge is 0.391 e. The van der Waals surface area contributed by atoms with Crippen LogP contribution in [0.1, 0.15) is 158 Å². The molecule has 18 nitrogen and oxygen atoms in total. The maximum Gasteiger partial charge on any atom is 0.248 e. The number of primary amides is 1. The lowest BCUT2D eigenvalue weighted by Crippen LogP contribution is -2.61. The quantitative estimate of drug-likeness (QED) is 0.0450. The average molecular weight is 880 g/mol. The van der Waals surface area contributed by atoms with Crippen LogP contribution in [0, 0.1) is 11.8 Å². The maximum atomic E-state index is 13.9. The molecule has 0 spiro atoms. The minimum Gasteiger partial charge on any atom is -0.391 e. The molecule has 0 bridgehead atoms. The van der Waals surface area contributed by atoms with Gasteiger partial charge in [0.15, 0.2) is 0 Å². The number of nitrogens with one attached hydrogen (secondary N) is 5. The van der Waals surface area contributed by atoms with Gasteiger partial charge in [-0.25, -0.2) is 0 Å². The van der Waals surface area contributed by atoms with Gasteiger partial charge in [0.05, 0.1) is 25.2 Å². The molecule has 0 aliphatic carbocycles. The van der Waals surface area contributed by atoms with Gasteiger partial charge in [0.2, 0.25) is 41.4 Å². The molecule has 0 radical (unpaired) electrons. The maximum absolute atomic E-state index is 13.9. The Hall–Kier alpha value is -4.45. The average Bonchev–Trinajstić information content (AvgIpc) is 3.69. The molecule has 0 aromatic carbocycles. The van der Waals surface area contributed by atoms with Gasteiger partial charge in [-0.2, -0.15) is 0 Å². The van der Waals surface area contributed by atoms with Crippen LogP contribution >= 0.6 is 0 Å². The van der Waals surface area contributed by atoms with Crippen LogP contribution in [0.2, 0.25) is 0 Å². The van der Waals surface area contributed by atoms with Crippen LogP contribution in [-0.2, 0) is 43.2 Å². The number of hydrogen-bond acceptors (Lipinski definition) is 11. The summed E-state index contributed by atoms with van der Waals surface area (Å²) in [7, 11) is 0. The van der Waals surface area contributed by atoms with Gasteiger partial charge in [-0.3, -0.25) is 43.2 Å². The van der Waals surface area contributed by atoms with Crippen LogP contribution in [0.4, 0.5) is 0 Å². The minimum absolute atomic E-state index is 0.00469. The van der Waals surface area contributed by atoms with Gasteiger partial charge < -0.3 is 47.4 Å². The van der Waals surface area contributed by atoms with Crippen molar-refractivity contribution in [3.63, 3.8) is 0 Å². The van der Waals surface area contributed by atoms with Crippen molar-refractivity contribution in [2.75, 3.05) is 13.1 Å². The Morgan fingerprint density at radius 2 is 1.24 bits per heavy atom. The second-order valence-electron chi connectivity index (χ2n) is 17.4. The number of amides is 7. The van der Waals surface area contributed by atoms with E-state index in [4.69, 9.17) is 5.73 Å². The third-order valence-corrected chi connectivity index (χ3v) is 10.9. The first kappa shape index (κ1) is 55.6. The number of carbonyl (C=O) groups excluding carboxylic acids is 9. The highest BCUT2D eigenvalue weighted by atomic mass is 16.3. The number of aliphatic hydroxyl groups is 2. The molecule has 2 unspecified atom stereocenters. The summed E-state index contributed by atoms with van der Waals surface area (Å²) in [5.74, 6) is -6.85. The third-order valence-electron chi connectivity index (χ3n) is 10.9. The molecule has 8 atom stereocenters. The lowest BCUT2D eigenvalue weighted by molar-refractivity contribution is -0.145. The Morgan fingerprint density at radius 1 is 0.677 bits per heavy atom. The predicted molar refractivity (Wildman–Crippen MR) is 233 cm³/mol. The molecule has 1 rings (SSSR count). The molecule has 1 aliphatic heterocycles. The van der Waals surface area contributed by atoms with Crippen molar-refractivity contribution in [2.45, 2.75) is 200 Å². The summed E-state index contributed by atoms with van der Waals surface area (Å²) in [6, 6.07) is -7.00. The van der Waals surface area contributed by atoms with E-state index in [1.54, 1.807) is 0 Å². The van der Waals surface area contributed by atoms with Crippen LogP contribution in [0.3, 0.4) is 0 Å². The fourth-order valence-electron chi connectivity index (χ4n) is 7.42. The second-order valence-corrected chi connectivity index (χ2v) is 17.4. The molecule has 0 aromatic rings. The number of nitrogens with two attached hydrogens (primary N) is 1. The summed E-state index contributed by atoms with van der Waals surface area (Å²) < 4.78 is 0. The van der Waals surface area contributed by atoms with Crippen molar-refractivity contribution in [3.05, 3.63) is 0 Å². The Labute approximate surface area is 367 Å². The lowest BCUT2D eigenvalue weighted by atomic mass is 9.90. The highest BCUT2D eigenvalue weighted by Gasteiger charge is 2.41. The number of aliphatic hydroxyl groups excluding tert-OH is 2. The zero-order valence-corrected chi connectivity index (χ0v) is 38.2. The number of ketones is 2. The summed E-state index contributed by atoms with van der Waals surface area (Å²) in [6.07, 6.45) is 10.6. The fourth-order valence-corrected chi connectivity index (χ4v) is 7.42. The van der Waals surface area contributed by atoms with E-state index >= 15 is 0 Å². The molecule has 0 aromatic heterocycles. The highest BCUT2D eigenvalue weighted by molar-refractivity contribution is 5.98. The fraction of sp³-hybridized carbons (Fsp3) is 0.795. The van der Waals surface area contributed by atoms with Crippen molar-refractivity contribution in [2.24, 2.45) is 17.6 Å². The van der Waals surface area contributed by atoms with E-state index in [1.807, 2.05) is 13.8 Å². The van der Waals surface area contributed by atoms with Crippen LogP contribution in [-0.4, -0.2) is 124 Å². The topological polar surface area (TPSA) is 284 Å². The second kappa shape index (κ2) is 29.8. The molecule has 354 valence electrons. The molecule has 1 fully saturated rings. The third kappa shape index (κ3) is 21.6. The zero-order chi connectivity index (χ0) is 46.9. The van der Waals surface area contributed by atoms with E-state index in [0.717, 1.165) is 25.7 Å². The van der Waals surface area contributed by atoms with Crippen molar-refractivity contribution in [1.29, 1.82) is 0 Å². The van der Waals surface area contributed by atoms with E-state index in [9.17, 15) is 53.4 Å². The first-order chi connectivity index (χ1) is 29.2. The minimum atomic E-state index is -1.61. The van der Waals surface area contributed by atoms with E-state index < -0.39 is 96.1 Å². The van der Waals surface area contributed by atoms with Gasteiger partial charge in [0.25, 0.3) is 0 Å². The van der Waals surface area contributed by atoms with Gasteiger partial charge >= 0.3 is 0 Å². The van der Waals surface area contributed by atoms with Crippen LogP contribution < -0.4 is 32.3 Å². The van der Waals surface area contributed by atoms with Crippen molar-refractivity contribution in [1.82, 2.24) is 31.5 Å². The normalized spacial score (nSPS) is 17.1. The summed E-state index contributed by atoms with van der Waals surface area (Å²) >= 11 is 0. The predicted octanol–water partition coefficient (Wildman–Crippen LogP) is 1.60. The Balaban J connectivity index is 2.91. The van der Waals surface area contributed by atoms with Crippen molar-refractivity contribution in [3.8, 4) is 0 Å². The van der Waals surface area contributed by atoms with Crippen LogP contribution in [0.25, 0.3) is 0 Å². The first-order valence-electron chi connectivity index (χ1n) is 22.6. The number of carbonyl (C=O) groups is 9.